The number of nitrogens with one attached hydrogen (secondary N) is 1. The van der Waals surface area contributed by atoms with Crippen LogP contribution in [0.15, 0.2) is 88.9 Å². The highest BCUT2D eigenvalue weighted by Crippen LogP contribution is 2.35. The van der Waals surface area contributed by atoms with Crippen molar-refractivity contribution < 1.29 is 19.0 Å². The molecule has 0 fully saturated rings. The highest BCUT2D eigenvalue weighted by Gasteiger charge is 2.15. The molecular formula is C34H30BrIN2O4. The molecule has 0 aliphatic heterocycles. The molecule has 8 heteroatoms. The van der Waals surface area contributed by atoms with Crippen LogP contribution < -0.4 is 19.5 Å². The predicted octanol–water partition coefficient (Wildman–Crippen LogP) is 8.77. The Bertz CT molecular complexity index is 1630. The normalized spacial score (nSPS) is 11.0. The maximum absolute atomic E-state index is 12.9. The van der Waals surface area contributed by atoms with Gasteiger partial charge >= 0.3 is 0 Å². The lowest BCUT2D eigenvalue weighted by Crippen LogP contribution is -2.13. The van der Waals surface area contributed by atoms with Gasteiger partial charge < -0.3 is 19.5 Å². The number of halogens is 2. The number of carbonyl (C=O) groups excluding carboxylic acids is 1. The van der Waals surface area contributed by atoms with E-state index in [-0.39, 0.29) is 5.57 Å². The molecule has 0 unspecified atom stereocenters. The van der Waals surface area contributed by atoms with Crippen LogP contribution in [0.2, 0.25) is 0 Å². The highest BCUT2D eigenvalue weighted by atomic mass is 127. The summed E-state index contributed by atoms with van der Waals surface area (Å²) in [7, 11) is 0. The van der Waals surface area contributed by atoms with Crippen LogP contribution in [0, 0.1) is 28.7 Å². The van der Waals surface area contributed by atoms with Crippen molar-refractivity contribution >= 4 is 56.2 Å². The van der Waals surface area contributed by atoms with Gasteiger partial charge in [0, 0.05) is 10.2 Å². The Morgan fingerprint density at radius 3 is 2.26 bits per heavy atom. The number of ether oxygens (including phenoxy) is 3. The third-order valence-electron chi connectivity index (χ3n) is 6.39. The molecule has 0 saturated heterocycles. The van der Waals surface area contributed by atoms with Gasteiger partial charge in [0.15, 0.2) is 11.5 Å². The maximum atomic E-state index is 12.9. The van der Waals surface area contributed by atoms with Crippen molar-refractivity contribution in [2.24, 2.45) is 0 Å². The lowest BCUT2D eigenvalue weighted by Gasteiger charge is -2.15. The van der Waals surface area contributed by atoms with Crippen molar-refractivity contribution in [2.75, 3.05) is 11.9 Å². The van der Waals surface area contributed by atoms with Crippen molar-refractivity contribution in [3.63, 3.8) is 0 Å². The highest BCUT2D eigenvalue weighted by molar-refractivity contribution is 14.1. The van der Waals surface area contributed by atoms with Gasteiger partial charge in [-0.1, -0.05) is 46.3 Å². The molecule has 4 rings (SSSR count). The van der Waals surface area contributed by atoms with Crippen LogP contribution in [-0.4, -0.2) is 12.5 Å². The van der Waals surface area contributed by atoms with Crippen LogP contribution in [-0.2, 0) is 18.0 Å². The summed E-state index contributed by atoms with van der Waals surface area (Å²) in [5.41, 5.74) is 5.72. The lowest BCUT2D eigenvalue weighted by atomic mass is 10.1. The minimum atomic E-state index is -0.510. The summed E-state index contributed by atoms with van der Waals surface area (Å²) in [5, 5.41) is 12.5. The fourth-order valence-corrected chi connectivity index (χ4v) is 5.06. The molecular weight excluding hydrogens is 707 g/mol. The van der Waals surface area contributed by atoms with Crippen LogP contribution in [0.4, 0.5) is 5.69 Å². The van der Waals surface area contributed by atoms with E-state index in [2.05, 4.69) is 75.9 Å². The van der Waals surface area contributed by atoms with Crippen molar-refractivity contribution in [1.82, 2.24) is 0 Å². The average Bonchev–Trinajstić information content (AvgIpc) is 2.98. The third kappa shape index (κ3) is 8.60. The fourth-order valence-electron chi connectivity index (χ4n) is 4.02. The van der Waals surface area contributed by atoms with E-state index in [1.807, 2.05) is 43.3 Å². The molecule has 0 aliphatic carbocycles. The van der Waals surface area contributed by atoms with Gasteiger partial charge in [-0.05, 0) is 126 Å². The van der Waals surface area contributed by atoms with Crippen molar-refractivity contribution in [3.05, 3.63) is 120 Å². The van der Waals surface area contributed by atoms with E-state index in [0.717, 1.165) is 19.2 Å². The summed E-state index contributed by atoms with van der Waals surface area (Å²) >= 11 is 5.61. The molecule has 0 radical (unpaired) electrons. The van der Waals surface area contributed by atoms with Crippen LogP contribution in [0.25, 0.3) is 6.08 Å². The number of amides is 1. The molecule has 42 heavy (non-hydrogen) atoms. The van der Waals surface area contributed by atoms with Crippen LogP contribution in [0.5, 0.6) is 17.2 Å². The zero-order valence-corrected chi connectivity index (χ0v) is 27.3. The van der Waals surface area contributed by atoms with Gasteiger partial charge in [-0.25, -0.2) is 0 Å². The first-order chi connectivity index (χ1) is 20.2. The SMILES string of the molecule is CCOc1cc(/C=C(\C#N)C(=O)Nc2ccc(OCc3ccc(Br)cc3)cc2)cc(I)c1OCc1ccc(C)c(C)c1. The van der Waals surface area contributed by atoms with Crippen molar-refractivity contribution in [3.8, 4) is 23.3 Å². The Hall–Kier alpha value is -3.81. The summed E-state index contributed by atoms with van der Waals surface area (Å²) in [5.74, 6) is 1.34. The fraction of sp³-hybridized carbons (Fsp3) is 0.176. The molecule has 1 amide bonds. The molecule has 6 nitrogen and oxygen atoms in total. The van der Waals surface area contributed by atoms with Crippen molar-refractivity contribution in [1.29, 1.82) is 5.26 Å². The molecule has 1 N–H and O–H groups in total. The van der Waals surface area contributed by atoms with Gasteiger partial charge in [-0.15, -0.1) is 0 Å². The van der Waals surface area contributed by atoms with E-state index in [1.165, 1.54) is 11.1 Å². The Morgan fingerprint density at radius 1 is 0.905 bits per heavy atom. The van der Waals surface area contributed by atoms with E-state index in [0.29, 0.717) is 48.3 Å². The number of nitriles is 1. The third-order valence-corrected chi connectivity index (χ3v) is 7.72. The second-order valence-corrected chi connectivity index (χ2v) is 11.6. The first kappa shape index (κ1) is 31.1. The molecule has 0 spiro atoms. The summed E-state index contributed by atoms with van der Waals surface area (Å²) in [4.78, 5) is 12.9. The maximum Gasteiger partial charge on any atom is 0.266 e. The molecule has 0 heterocycles. The van der Waals surface area contributed by atoms with E-state index >= 15 is 0 Å². The summed E-state index contributed by atoms with van der Waals surface area (Å²) in [6.07, 6.45) is 1.54. The first-order valence-electron chi connectivity index (χ1n) is 13.3. The van der Waals surface area contributed by atoms with E-state index < -0.39 is 5.91 Å². The molecule has 214 valence electrons. The Balaban J connectivity index is 1.44. The summed E-state index contributed by atoms with van der Waals surface area (Å²) in [6.45, 7) is 7.32. The van der Waals surface area contributed by atoms with Crippen LogP contribution in [0.1, 0.15) is 34.7 Å². The Morgan fingerprint density at radius 2 is 1.60 bits per heavy atom. The molecule has 0 aliphatic rings. The number of anilines is 1. The smallest absolute Gasteiger partial charge is 0.266 e. The van der Waals surface area contributed by atoms with E-state index in [9.17, 15) is 10.1 Å². The summed E-state index contributed by atoms with van der Waals surface area (Å²) < 4.78 is 19.7. The number of hydrogen-bond donors (Lipinski definition) is 1. The molecule has 4 aromatic carbocycles. The molecule has 0 saturated carbocycles. The number of benzene rings is 4. The van der Waals surface area contributed by atoms with Gasteiger partial charge in [0.2, 0.25) is 0 Å². The Labute approximate surface area is 268 Å². The molecule has 4 aromatic rings. The molecule has 0 bridgehead atoms. The number of aryl methyl sites for hydroxylation is 2. The molecule has 0 atom stereocenters. The second kappa shape index (κ2) is 14.9. The minimum Gasteiger partial charge on any atom is -0.490 e. The molecule has 0 aromatic heterocycles. The number of carbonyl (C=O) groups is 1. The second-order valence-electron chi connectivity index (χ2n) is 9.53. The quantitative estimate of drug-likeness (QED) is 0.0947. The monoisotopic (exact) mass is 736 g/mol. The van der Waals surface area contributed by atoms with E-state index in [1.54, 1.807) is 36.4 Å². The standard InChI is InChI=1S/C34H30BrIN2O4/c1-4-40-32-18-26(17-31(36)33(32)42-21-25-6-5-22(2)23(3)15-25)16-27(19-37)34(39)38-29-11-13-30(14-12-29)41-20-24-7-9-28(35)10-8-24/h5-18H,4,20-21H2,1-3H3,(H,38,39)/b27-16+. The van der Waals surface area contributed by atoms with Crippen LogP contribution >= 0.6 is 38.5 Å². The van der Waals surface area contributed by atoms with E-state index in [4.69, 9.17) is 14.2 Å². The average molecular weight is 737 g/mol. The van der Waals surface area contributed by atoms with Crippen LogP contribution in [0.3, 0.4) is 0 Å². The lowest BCUT2D eigenvalue weighted by molar-refractivity contribution is -0.112. The van der Waals surface area contributed by atoms with Gasteiger partial charge in [-0.3, -0.25) is 4.79 Å². The van der Waals surface area contributed by atoms with Gasteiger partial charge in [-0.2, -0.15) is 5.26 Å². The van der Waals surface area contributed by atoms with Gasteiger partial charge in [0.1, 0.15) is 30.6 Å². The number of nitrogens with zero attached hydrogens (tertiary/aromatic N) is 1. The largest absolute Gasteiger partial charge is 0.490 e. The zero-order chi connectivity index (χ0) is 30.1. The van der Waals surface area contributed by atoms with Crippen molar-refractivity contribution in [2.45, 2.75) is 34.0 Å². The zero-order valence-electron chi connectivity index (χ0n) is 23.5. The first-order valence-corrected chi connectivity index (χ1v) is 15.2. The van der Waals surface area contributed by atoms with Gasteiger partial charge in [0.05, 0.1) is 10.2 Å². The number of rotatable bonds is 11. The Kier molecular flexibility index (Phi) is 11.0. The minimum absolute atomic E-state index is 0.0346. The predicted molar refractivity (Wildman–Crippen MR) is 178 cm³/mol. The number of hydrogen-bond acceptors (Lipinski definition) is 5. The van der Waals surface area contributed by atoms with Gasteiger partial charge in [0.25, 0.3) is 5.91 Å². The summed E-state index contributed by atoms with van der Waals surface area (Å²) in [6, 6.07) is 26.8. The topological polar surface area (TPSA) is 80.6 Å².